The normalized spacial score (nSPS) is 14.5. The highest BCUT2D eigenvalue weighted by Crippen LogP contribution is 2.19. The summed E-state index contributed by atoms with van der Waals surface area (Å²) in [7, 11) is 0. The van der Waals surface area contributed by atoms with Crippen LogP contribution < -0.4 is 0 Å². The first-order valence-corrected chi connectivity index (χ1v) is 4.97. The number of aromatic nitrogens is 1. The lowest BCUT2D eigenvalue weighted by Gasteiger charge is -2.14. The predicted molar refractivity (Wildman–Crippen MR) is 57.7 cm³/mol. The number of aryl methyl sites for hydroxylation is 2. The molecule has 0 bridgehead atoms. The van der Waals surface area contributed by atoms with Crippen molar-refractivity contribution in [2.75, 3.05) is 0 Å². The zero-order valence-electron chi connectivity index (χ0n) is 7.42. The fourth-order valence-electron chi connectivity index (χ4n) is 1.70. The lowest BCUT2D eigenvalue weighted by atomic mass is 9.96. The van der Waals surface area contributed by atoms with Crippen molar-refractivity contribution in [1.29, 1.82) is 0 Å². The van der Waals surface area contributed by atoms with E-state index in [-0.39, 0.29) is 12.4 Å². The summed E-state index contributed by atoms with van der Waals surface area (Å²) in [6.07, 6.45) is 4.94. The average molecular weight is 218 g/mol. The lowest BCUT2D eigenvalue weighted by molar-refractivity contribution is 0.665. The summed E-state index contributed by atoms with van der Waals surface area (Å²) in [5, 5.41) is 0. The molecule has 3 heteroatoms. The number of nitrogens with zero attached hydrogens (tertiary/aromatic N) is 1. The Labute approximate surface area is 89.9 Å². The van der Waals surface area contributed by atoms with Gasteiger partial charge in [-0.3, -0.25) is 4.98 Å². The van der Waals surface area contributed by atoms with Gasteiger partial charge in [0, 0.05) is 5.69 Å². The van der Waals surface area contributed by atoms with E-state index in [4.69, 9.17) is 11.6 Å². The van der Waals surface area contributed by atoms with Crippen LogP contribution in [-0.2, 0) is 18.7 Å². The summed E-state index contributed by atoms with van der Waals surface area (Å²) >= 11 is 5.71. The molecule has 1 nitrogen and oxygen atoms in total. The van der Waals surface area contributed by atoms with Crippen molar-refractivity contribution in [3.05, 3.63) is 29.1 Å². The number of rotatable bonds is 1. The van der Waals surface area contributed by atoms with Crippen LogP contribution in [0.4, 0.5) is 0 Å². The average Bonchev–Trinajstić information content (AvgIpc) is 2.17. The van der Waals surface area contributed by atoms with Crippen molar-refractivity contribution in [2.24, 2.45) is 0 Å². The van der Waals surface area contributed by atoms with E-state index in [1.807, 2.05) is 6.07 Å². The van der Waals surface area contributed by atoms with Crippen LogP contribution in [0.1, 0.15) is 29.8 Å². The largest absolute Gasteiger partial charge is 0.256 e. The van der Waals surface area contributed by atoms with Crippen LogP contribution in [0.15, 0.2) is 12.1 Å². The number of halogens is 2. The molecule has 1 heterocycles. The molecule has 72 valence electrons. The second-order valence-electron chi connectivity index (χ2n) is 3.25. The molecule has 0 spiro atoms. The minimum atomic E-state index is 0. The first kappa shape index (κ1) is 10.8. The number of fused-ring (bicyclic) bond motifs is 1. The molecule has 0 fully saturated rings. The van der Waals surface area contributed by atoms with Crippen LogP contribution in [0, 0.1) is 0 Å². The molecule has 0 radical (unpaired) electrons. The monoisotopic (exact) mass is 217 g/mol. The Morgan fingerprint density at radius 1 is 1.23 bits per heavy atom. The molecule has 0 aliphatic heterocycles. The van der Waals surface area contributed by atoms with E-state index < -0.39 is 0 Å². The van der Waals surface area contributed by atoms with Gasteiger partial charge in [0.25, 0.3) is 0 Å². The van der Waals surface area contributed by atoms with Crippen LogP contribution in [0.5, 0.6) is 0 Å². The molecule has 1 aromatic heterocycles. The molecule has 1 aliphatic carbocycles. The molecule has 1 aromatic rings. The third-order valence-corrected chi connectivity index (χ3v) is 2.65. The van der Waals surface area contributed by atoms with E-state index in [1.165, 1.54) is 30.5 Å². The Balaban J connectivity index is 0.000000845. The summed E-state index contributed by atoms with van der Waals surface area (Å²) in [4.78, 5) is 4.50. The molecule has 0 saturated heterocycles. The van der Waals surface area contributed by atoms with Crippen LogP contribution in [0.25, 0.3) is 0 Å². The quantitative estimate of drug-likeness (QED) is 0.660. The van der Waals surface area contributed by atoms with E-state index >= 15 is 0 Å². The van der Waals surface area contributed by atoms with Gasteiger partial charge in [0.1, 0.15) is 0 Å². The van der Waals surface area contributed by atoms with Gasteiger partial charge in [-0.15, -0.1) is 24.0 Å². The molecule has 2 rings (SSSR count). The standard InChI is InChI=1S/C10H12ClN.ClH/c11-7-9-6-5-8-3-1-2-4-10(8)12-9;/h5-6H,1-4,7H2;1H. The smallest absolute Gasteiger partial charge is 0.0647 e. The highest BCUT2D eigenvalue weighted by Gasteiger charge is 2.09. The molecule has 0 saturated carbocycles. The summed E-state index contributed by atoms with van der Waals surface area (Å²) in [6.45, 7) is 0. The Morgan fingerprint density at radius 3 is 2.77 bits per heavy atom. The molecule has 0 atom stereocenters. The maximum Gasteiger partial charge on any atom is 0.0647 e. The zero-order chi connectivity index (χ0) is 8.39. The maximum atomic E-state index is 5.71. The van der Waals surface area contributed by atoms with Gasteiger partial charge in [-0.2, -0.15) is 0 Å². The molecule has 0 unspecified atom stereocenters. The minimum absolute atomic E-state index is 0. The van der Waals surface area contributed by atoms with Crippen molar-refractivity contribution >= 4 is 24.0 Å². The van der Waals surface area contributed by atoms with E-state index in [2.05, 4.69) is 11.1 Å². The van der Waals surface area contributed by atoms with Gasteiger partial charge in [-0.05, 0) is 37.3 Å². The Kier molecular flexibility index (Phi) is 4.01. The Morgan fingerprint density at radius 2 is 2.00 bits per heavy atom. The minimum Gasteiger partial charge on any atom is -0.256 e. The van der Waals surface area contributed by atoms with Crippen LogP contribution in [0.2, 0.25) is 0 Å². The Bertz CT molecular complexity index is 286. The second-order valence-corrected chi connectivity index (χ2v) is 3.52. The number of pyridine rings is 1. The van der Waals surface area contributed by atoms with Crippen molar-refractivity contribution in [1.82, 2.24) is 4.98 Å². The maximum absolute atomic E-state index is 5.71. The Hall–Kier alpha value is -0.270. The van der Waals surface area contributed by atoms with Crippen LogP contribution in [-0.4, -0.2) is 4.98 Å². The molecular formula is C10H13Cl2N. The summed E-state index contributed by atoms with van der Waals surface area (Å²) in [5.74, 6) is 0.535. The van der Waals surface area contributed by atoms with Gasteiger partial charge in [-0.25, -0.2) is 0 Å². The van der Waals surface area contributed by atoms with Crippen molar-refractivity contribution < 1.29 is 0 Å². The number of alkyl halides is 1. The van der Waals surface area contributed by atoms with Gasteiger partial charge in [0.15, 0.2) is 0 Å². The molecule has 0 N–H and O–H groups in total. The molecule has 13 heavy (non-hydrogen) atoms. The zero-order valence-corrected chi connectivity index (χ0v) is 9.00. The van der Waals surface area contributed by atoms with E-state index in [1.54, 1.807) is 0 Å². The first-order valence-electron chi connectivity index (χ1n) is 4.44. The van der Waals surface area contributed by atoms with Gasteiger partial charge in [0.05, 0.1) is 11.6 Å². The molecular weight excluding hydrogens is 205 g/mol. The predicted octanol–water partition coefficient (Wildman–Crippen LogP) is 3.12. The third-order valence-electron chi connectivity index (χ3n) is 2.37. The van der Waals surface area contributed by atoms with Crippen molar-refractivity contribution in [2.45, 2.75) is 31.6 Å². The summed E-state index contributed by atoms with van der Waals surface area (Å²) < 4.78 is 0. The van der Waals surface area contributed by atoms with Crippen LogP contribution in [0.3, 0.4) is 0 Å². The third kappa shape index (κ3) is 2.35. The SMILES string of the molecule is Cl.ClCc1ccc2c(n1)CCCC2. The van der Waals surface area contributed by atoms with Gasteiger partial charge < -0.3 is 0 Å². The van der Waals surface area contributed by atoms with Crippen LogP contribution >= 0.6 is 24.0 Å². The molecule has 1 aliphatic rings. The summed E-state index contributed by atoms with van der Waals surface area (Å²) in [5.41, 5.74) is 3.71. The van der Waals surface area contributed by atoms with E-state index in [0.717, 1.165) is 12.1 Å². The number of hydrogen-bond donors (Lipinski definition) is 0. The van der Waals surface area contributed by atoms with Gasteiger partial charge in [-0.1, -0.05) is 6.07 Å². The second kappa shape index (κ2) is 4.83. The first-order chi connectivity index (χ1) is 5.90. The van der Waals surface area contributed by atoms with E-state index in [9.17, 15) is 0 Å². The van der Waals surface area contributed by atoms with Crippen molar-refractivity contribution in [3.63, 3.8) is 0 Å². The lowest BCUT2D eigenvalue weighted by Crippen LogP contribution is -2.06. The molecule has 0 aromatic carbocycles. The fourth-order valence-corrected chi connectivity index (χ4v) is 1.85. The summed E-state index contributed by atoms with van der Waals surface area (Å²) in [6, 6.07) is 4.22. The topological polar surface area (TPSA) is 12.9 Å². The fraction of sp³-hybridized carbons (Fsp3) is 0.500. The highest BCUT2D eigenvalue weighted by molar-refractivity contribution is 6.16. The highest BCUT2D eigenvalue weighted by atomic mass is 35.5. The van der Waals surface area contributed by atoms with Crippen molar-refractivity contribution in [3.8, 4) is 0 Å². The molecule has 0 amide bonds. The van der Waals surface area contributed by atoms with Gasteiger partial charge in [0.2, 0.25) is 0 Å². The van der Waals surface area contributed by atoms with Gasteiger partial charge >= 0.3 is 0 Å². The van der Waals surface area contributed by atoms with E-state index in [0.29, 0.717) is 5.88 Å². The number of hydrogen-bond acceptors (Lipinski definition) is 1.